The van der Waals surface area contributed by atoms with Crippen molar-refractivity contribution in [2.45, 2.75) is 32.0 Å². The smallest absolute Gasteiger partial charge is 0.183 e. The van der Waals surface area contributed by atoms with Crippen molar-refractivity contribution in [3.63, 3.8) is 0 Å². The molecular formula is C14H20N4S. The minimum absolute atomic E-state index is 0.333. The molecule has 19 heavy (non-hydrogen) atoms. The number of hydrogen-bond acceptors (Lipinski definition) is 4. The van der Waals surface area contributed by atoms with Gasteiger partial charge in [0, 0.05) is 11.8 Å². The number of nitrogens with one attached hydrogen (secondary N) is 2. The molecular weight excluding hydrogens is 256 g/mol. The number of aromatic amines is 1. The first kappa shape index (κ1) is 14.1. The van der Waals surface area contributed by atoms with E-state index in [4.69, 9.17) is 0 Å². The number of aromatic nitrogens is 3. The summed E-state index contributed by atoms with van der Waals surface area (Å²) in [6.45, 7) is 7.39. The predicted octanol–water partition coefficient (Wildman–Crippen LogP) is 2.86. The largest absolute Gasteiger partial charge is 0.309 e. The molecule has 1 atom stereocenters. The molecule has 0 amide bonds. The van der Waals surface area contributed by atoms with E-state index < -0.39 is 0 Å². The summed E-state index contributed by atoms with van der Waals surface area (Å²) in [5.41, 5.74) is 4.00. The van der Waals surface area contributed by atoms with Crippen LogP contribution in [-0.2, 0) is 0 Å². The highest BCUT2D eigenvalue weighted by Gasteiger charge is 2.12. The van der Waals surface area contributed by atoms with Gasteiger partial charge in [0.05, 0.1) is 0 Å². The van der Waals surface area contributed by atoms with Crippen molar-refractivity contribution in [1.82, 2.24) is 20.5 Å². The van der Waals surface area contributed by atoms with Crippen molar-refractivity contribution in [2.24, 2.45) is 0 Å². The van der Waals surface area contributed by atoms with Gasteiger partial charge in [-0.15, -0.1) is 0 Å². The minimum atomic E-state index is 0.333. The molecule has 0 saturated heterocycles. The summed E-state index contributed by atoms with van der Waals surface area (Å²) in [7, 11) is 0. The van der Waals surface area contributed by atoms with Gasteiger partial charge in [0.1, 0.15) is 6.33 Å². The van der Waals surface area contributed by atoms with E-state index in [2.05, 4.69) is 59.5 Å². The first-order chi connectivity index (χ1) is 9.20. The highest BCUT2D eigenvalue weighted by molar-refractivity contribution is 7.99. The summed E-state index contributed by atoms with van der Waals surface area (Å²) in [4.78, 5) is 4.14. The average molecular weight is 276 g/mol. The van der Waals surface area contributed by atoms with Crippen molar-refractivity contribution in [2.75, 3.05) is 12.3 Å². The summed E-state index contributed by atoms with van der Waals surface area (Å²) >= 11 is 1.69. The number of benzene rings is 1. The Morgan fingerprint density at radius 1 is 1.32 bits per heavy atom. The molecule has 0 aliphatic heterocycles. The quantitative estimate of drug-likeness (QED) is 0.797. The highest BCUT2D eigenvalue weighted by Crippen LogP contribution is 2.23. The van der Waals surface area contributed by atoms with Crippen LogP contribution in [0.15, 0.2) is 29.7 Å². The van der Waals surface area contributed by atoms with Gasteiger partial charge in [-0.05, 0) is 37.1 Å². The maximum atomic E-state index is 4.14. The topological polar surface area (TPSA) is 53.6 Å². The molecule has 0 fully saturated rings. The summed E-state index contributed by atoms with van der Waals surface area (Å²) in [5.74, 6) is 0.936. The third kappa shape index (κ3) is 3.81. The summed E-state index contributed by atoms with van der Waals surface area (Å²) in [5, 5.41) is 11.1. The molecule has 2 N–H and O–H groups in total. The molecule has 2 aromatic rings. The maximum absolute atomic E-state index is 4.14. The van der Waals surface area contributed by atoms with Crippen LogP contribution in [0.2, 0.25) is 0 Å². The highest BCUT2D eigenvalue weighted by atomic mass is 32.2. The van der Waals surface area contributed by atoms with Crippen molar-refractivity contribution < 1.29 is 0 Å². The normalized spacial score (nSPS) is 12.6. The molecule has 0 bridgehead atoms. The fourth-order valence-electron chi connectivity index (χ4n) is 1.93. The third-order valence-electron chi connectivity index (χ3n) is 3.16. The summed E-state index contributed by atoms with van der Waals surface area (Å²) in [6.07, 6.45) is 1.54. The number of nitrogens with zero attached hydrogens (tertiary/aromatic N) is 2. The number of hydrogen-bond donors (Lipinski definition) is 2. The molecule has 1 heterocycles. The lowest BCUT2D eigenvalue weighted by molar-refractivity contribution is 0.605. The van der Waals surface area contributed by atoms with Crippen LogP contribution in [0.25, 0.3) is 0 Å². The molecule has 0 aliphatic carbocycles. The molecule has 0 spiro atoms. The molecule has 4 nitrogen and oxygen atoms in total. The Bertz CT molecular complexity index is 510. The first-order valence-corrected chi connectivity index (χ1v) is 7.48. The zero-order chi connectivity index (χ0) is 13.7. The molecule has 2 rings (SSSR count). The second-order valence-corrected chi connectivity index (χ2v) is 5.56. The number of H-pyrrole nitrogens is 1. The molecule has 1 aromatic heterocycles. The van der Waals surface area contributed by atoms with Crippen molar-refractivity contribution in [1.29, 1.82) is 0 Å². The Morgan fingerprint density at radius 3 is 2.79 bits per heavy atom. The second-order valence-electron chi connectivity index (χ2n) is 4.56. The van der Waals surface area contributed by atoms with Gasteiger partial charge in [0.25, 0.3) is 0 Å². The summed E-state index contributed by atoms with van der Waals surface area (Å²) < 4.78 is 0. The van der Waals surface area contributed by atoms with Gasteiger partial charge in [-0.25, -0.2) is 4.98 Å². The van der Waals surface area contributed by atoms with Gasteiger partial charge < -0.3 is 5.32 Å². The second kappa shape index (κ2) is 6.73. The lowest BCUT2D eigenvalue weighted by Crippen LogP contribution is -2.23. The van der Waals surface area contributed by atoms with Crippen LogP contribution in [0.4, 0.5) is 0 Å². The van der Waals surface area contributed by atoms with Gasteiger partial charge >= 0.3 is 0 Å². The van der Waals surface area contributed by atoms with Crippen LogP contribution in [0.5, 0.6) is 0 Å². The molecule has 1 unspecified atom stereocenters. The molecule has 0 radical (unpaired) electrons. The lowest BCUT2D eigenvalue weighted by Gasteiger charge is -2.18. The Morgan fingerprint density at radius 2 is 2.16 bits per heavy atom. The fourth-order valence-corrected chi connectivity index (χ4v) is 2.80. The minimum Gasteiger partial charge on any atom is -0.309 e. The van der Waals surface area contributed by atoms with Crippen LogP contribution in [0.1, 0.15) is 29.7 Å². The number of aryl methyl sites for hydroxylation is 2. The van der Waals surface area contributed by atoms with Gasteiger partial charge in [-0.2, -0.15) is 5.10 Å². The Kier molecular flexibility index (Phi) is 4.99. The first-order valence-electron chi connectivity index (χ1n) is 6.49. The van der Waals surface area contributed by atoms with Crippen LogP contribution in [-0.4, -0.2) is 27.5 Å². The molecule has 1 aromatic carbocycles. The number of thioether (sulfide) groups is 1. The SMILES string of the molecule is CCNC(CSc1ncn[nH]1)c1ccc(C)c(C)c1. The van der Waals surface area contributed by atoms with E-state index in [1.54, 1.807) is 18.1 Å². The van der Waals surface area contributed by atoms with Crippen LogP contribution in [0.3, 0.4) is 0 Å². The van der Waals surface area contributed by atoms with E-state index in [0.717, 1.165) is 17.5 Å². The lowest BCUT2D eigenvalue weighted by atomic mass is 10.0. The summed E-state index contributed by atoms with van der Waals surface area (Å²) in [6, 6.07) is 6.99. The van der Waals surface area contributed by atoms with Gasteiger partial charge in [0.2, 0.25) is 0 Å². The average Bonchev–Trinajstić information content (AvgIpc) is 2.91. The zero-order valence-electron chi connectivity index (χ0n) is 11.6. The Hall–Kier alpha value is -1.33. The Labute approximate surface area is 118 Å². The van der Waals surface area contributed by atoms with E-state index in [-0.39, 0.29) is 0 Å². The maximum Gasteiger partial charge on any atom is 0.183 e. The standard InChI is InChI=1S/C14H20N4S/c1-4-15-13(8-19-14-16-9-17-18-14)12-6-5-10(2)11(3)7-12/h5-7,9,13,15H,4,8H2,1-3H3,(H,16,17,18). The van der Waals surface area contributed by atoms with Gasteiger partial charge in [-0.3, -0.25) is 5.10 Å². The molecule has 102 valence electrons. The van der Waals surface area contributed by atoms with Crippen LogP contribution >= 0.6 is 11.8 Å². The van der Waals surface area contributed by atoms with Crippen LogP contribution in [0, 0.1) is 13.8 Å². The van der Waals surface area contributed by atoms with E-state index >= 15 is 0 Å². The number of rotatable bonds is 6. The van der Waals surface area contributed by atoms with Crippen molar-refractivity contribution >= 4 is 11.8 Å². The molecule has 0 saturated carbocycles. The predicted molar refractivity (Wildman–Crippen MR) is 79.4 cm³/mol. The molecule has 5 heteroatoms. The monoisotopic (exact) mass is 276 g/mol. The van der Waals surface area contributed by atoms with E-state index in [1.807, 2.05) is 0 Å². The van der Waals surface area contributed by atoms with E-state index in [9.17, 15) is 0 Å². The van der Waals surface area contributed by atoms with Crippen molar-refractivity contribution in [3.8, 4) is 0 Å². The van der Waals surface area contributed by atoms with Gasteiger partial charge in [0.15, 0.2) is 5.16 Å². The third-order valence-corrected chi connectivity index (χ3v) is 4.13. The van der Waals surface area contributed by atoms with Crippen LogP contribution < -0.4 is 5.32 Å². The van der Waals surface area contributed by atoms with E-state index in [1.165, 1.54) is 16.7 Å². The Balaban J connectivity index is 2.07. The fraction of sp³-hybridized carbons (Fsp3) is 0.429. The van der Waals surface area contributed by atoms with Crippen molar-refractivity contribution in [3.05, 3.63) is 41.2 Å². The zero-order valence-corrected chi connectivity index (χ0v) is 12.4. The van der Waals surface area contributed by atoms with Gasteiger partial charge in [-0.1, -0.05) is 36.9 Å². The van der Waals surface area contributed by atoms with E-state index in [0.29, 0.717) is 6.04 Å². The molecule has 0 aliphatic rings.